The van der Waals surface area contributed by atoms with Gasteiger partial charge in [-0.2, -0.15) is 0 Å². The molecule has 3 nitrogen and oxygen atoms in total. The lowest BCUT2D eigenvalue weighted by Crippen LogP contribution is -2.17. The highest BCUT2D eigenvalue weighted by Gasteiger charge is 2.14. The fourth-order valence-corrected chi connectivity index (χ4v) is 1.67. The Labute approximate surface area is 105 Å². The number of rotatable bonds is 5. The van der Waals surface area contributed by atoms with Crippen molar-refractivity contribution in [1.29, 1.82) is 0 Å². The van der Waals surface area contributed by atoms with Crippen LogP contribution in [-0.2, 0) is 13.0 Å². The minimum absolute atomic E-state index is 0.244. The second kappa shape index (κ2) is 6.10. The normalized spacial score (nSPS) is 11.8. The van der Waals surface area contributed by atoms with Gasteiger partial charge in [0.25, 0.3) is 0 Å². The van der Waals surface area contributed by atoms with Gasteiger partial charge in [0, 0.05) is 30.4 Å². The maximum Gasteiger partial charge on any atom is 0.129 e. The third-order valence-corrected chi connectivity index (χ3v) is 2.56. The summed E-state index contributed by atoms with van der Waals surface area (Å²) >= 11 is 0. The molecule has 0 aliphatic rings. The van der Waals surface area contributed by atoms with Gasteiger partial charge in [-0.05, 0) is 25.3 Å². The number of aryl methyl sites for hydroxylation is 1. The highest BCUT2D eigenvalue weighted by atomic mass is 14.9. The molecule has 0 radical (unpaired) electrons. The number of hydrogen-bond acceptors (Lipinski definition) is 3. The fourth-order valence-electron chi connectivity index (χ4n) is 1.67. The third-order valence-electron chi connectivity index (χ3n) is 2.56. The van der Waals surface area contributed by atoms with Crippen molar-refractivity contribution in [2.24, 2.45) is 5.41 Å². The van der Waals surface area contributed by atoms with Gasteiger partial charge >= 0.3 is 0 Å². The van der Waals surface area contributed by atoms with Crippen LogP contribution in [0.5, 0.6) is 0 Å². The summed E-state index contributed by atoms with van der Waals surface area (Å²) in [4.78, 5) is 9.04. The maximum absolute atomic E-state index is 4.59. The zero-order chi connectivity index (χ0) is 12.9. The lowest BCUT2D eigenvalue weighted by Gasteiger charge is -2.17. The molecule has 0 atom stereocenters. The van der Waals surface area contributed by atoms with Crippen LogP contribution in [0.2, 0.25) is 0 Å². The molecule has 0 spiro atoms. The maximum atomic E-state index is 4.59. The van der Waals surface area contributed by atoms with Crippen molar-refractivity contribution in [3.8, 4) is 0 Å². The van der Waals surface area contributed by atoms with Crippen molar-refractivity contribution in [2.75, 3.05) is 6.54 Å². The van der Waals surface area contributed by atoms with E-state index >= 15 is 0 Å². The molecule has 0 amide bonds. The molecule has 1 aromatic heterocycles. The van der Waals surface area contributed by atoms with Gasteiger partial charge in [0.15, 0.2) is 0 Å². The first-order valence-electron chi connectivity index (χ1n) is 6.44. The van der Waals surface area contributed by atoms with E-state index in [-0.39, 0.29) is 5.41 Å². The highest BCUT2D eigenvalue weighted by molar-refractivity contribution is 5.16. The molecule has 0 aromatic carbocycles. The highest BCUT2D eigenvalue weighted by Crippen LogP contribution is 2.18. The van der Waals surface area contributed by atoms with Crippen LogP contribution in [-0.4, -0.2) is 16.5 Å². The average Bonchev–Trinajstić information content (AvgIpc) is 2.19. The van der Waals surface area contributed by atoms with Crippen molar-refractivity contribution in [2.45, 2.75) is 54.0 Å². The predicted molar refractivity (Wildman–Crippen MR) is 71.9 cm³/mol. The van der Waals surface area contributed by atoms with Crippen LogP contribution in [0.3, 0.4) is 0 Å². The van der Waals surface area contributed by atoms with Crippen LogP contribution in [0.15, 0.2) is 6.20 Å². The molecule has 3 heteroatoms. The van der Waals surface area contributed by atoms with Crippen molar-refractivity contribution in [1.82, 2.24) is 15.3 Å². The summed E-state index contributed by atoms with van der Waals surface area (Å²) in [5.74, 6) is 0.953. The monoisotopic (exact) mass is 235 g/mol. The van der Waals surface area contributed by atoms with Gasteiger partial charge in [-0.3, -0.25) is 0 Å². The first kappa shape index (κ1) is 14.1. The number of nitrogens with one attached hydrogen (secondary N) is 1. The van der Waals surface area contributed by atoms with Crippen LogP contribution < -0.4 is 5.32 Å². The quantitative estimate of drug-likeness (QED) is 0.797. The van der Waals surface area contributed by atoms with Crippen molar-refractivity contribution in [3.05, 3.63) is 23.3 Å². The summed E-state index contributed by atoms with van der Waals surface area (Å²) in [6, 6.07) is 0. The largest absolute Gasteiger partial charge is 0.313 e. The molecule has 0 unspecified atom stereocenters. The second-order valence-corrected chi connectivity index (χ2v) is 5.81. The standard InChI is InChI=1S/C14H25N3/c1-6-7-15-9-12-10-16-13(17-11(12)2)8-14(3,4)5/h10,15H,6-9H2,1-5H3. The summed E-state index contributed by atoms with van der Waals surface area (Å²) in [6.45, 7) is 12.8. The Morgan fingerprint density at radius 1 is 1.29 bits per heavy atom. The molecular weight excluding hydrogens is 210 g/mol. The average molecular weight is 235 g/mol. The van der Waals surface area contributed by atoms with Crippen molar-refractivity contribution < 1.29 is 0 Å². The Balaban J connectivity index is 2.66. The Morgan fingerprint density at radius 2 is 2.00 bits per heavy atom. The lowest BCUT2D eigenvalue weighted by molar-refractivity contribution is 0.400. The van der Waals surface area contributed by atoms with E-state index < -0.39 is 0 Å². The fraction of sp³-hybridized carbons (Fsp3) is 0.714. The summed E-state index contributed by atoms with van der Waals surface area (Å²) in [5.41, 5.74) is 2.55. The summed E-state index contributed by atoms with van der Waals surface area (Å²) in [6.07, 6.45) is 4.05. The zero-order valence-corrected chi connectivity index (χ0v) is 11.8. The number of hydrogen-bond donors (Lipinski definition) is 1. The van der Waals surface area contributed by atoms with Crippen LogP contribution in [0.4, 0.5) is 0 Å². The van der Waals surface area contributed by atoms with E-state index in [1.54, 1.807) is 0 Å². The molecule has 0 bridgehead atoms. The van der Waals surface area contributed by atoms with Gasteiger partial charge in [0.1, 0.15) is 5.82 Å². The molecule has 1 rings (SSSR count). The van der Waals surface area contributed by atoms with E-state index in [0.717, 1.165) is 37.4 Å². The molecule has 0 aliphatic carbocycles. The van der Waals surface area contributed by atoms with E-state index in [1.807, 2.05) is 6.20 Å². The SMILES string of the molecule is CCCNCc1cnc(CC(C)(C)C)nc1C. The third kappa shape index (κ3) is 5.26. The van der Waals surface area contributed by atoms with Crippen LogP contribution >= 0.6 is 0 Å². The molecule has 17 heavy (non-hydrogen) atoms. The minimum Gasteiger partial charge on any atom is -0.313 e. The first-order chi connectivity index (χ1) is 7.92. The number of aromatic nitrogens is 2. The van der Waals surface area contributed by atoms with Crippen LogP contribution in [0.1, 0.15) is 51.2 Å². The Bertz CT molecular complexity index is 353. The molecule has 1 heterocycles. The molecule has 96 valence electrons. The minimum atomic E-state index is 0.244. The molecule has 1 aromatic rings. The molecule has 0 aliphatic heterocycles. The molecule has 0 saturated carbocycles. The Kier molecular flexibility index (Phi) is 5.06. The van der Waals surface area contributed by atoms with Gasteiger partial charge in [0.2, 0.25) is 0 Å². The zero-order valence-electron chi connectivity index (χ0n) is 11.8. The van der Waals surface area contributed by atoms with Gasteiger partial charge in [-0.25, -0.2) is 9.97 Å². The van der Waals surface area contributed by atoms with Gasteiger partial charge in [-0.15, -0.1) is 0 Å². The van der Waals surface area contributed by atoms with E-state index in [0.29, 0.717) is 0 Å². The smallest absolute Gasteiger partial charge is 0.129 e. The van der Waals surface area contributed by atoms with Gasteiger partial charge in [0.05, 0.1) is 0 Å². The lowest BCUT2D eigenvalue weighted by atomic mass is 9.92. The number of nitrogens with zero attached hydrogens (tertiary/aromatic N) is 2. The van der Waals surface area contributed by atoms with Crippen LogP contribution in [0.25, 0.3) is 0 Å². The topological polar surface area (TPSA) is 37.8 Å². The molecule has 1 N–H and O–H groups in total. The molecule has 0 saturated heterocycles. The van der Waals surface area contributed by atoms with Crippen molar-refractivity contribution in [3.63, 3.8) is 0 Å². The summed E-state index contributed by atoms with van der Waals surface area (Å²) in [5, 5.41) is 3.38. The van der Waals surface area contributed by atoms with Crippen LogP contribution in [0, 0.1) is 12.3 Å². The van der Waals surface area contributed by atoms with Gasteiger partial charge in [-0.1, -0.05) is 27.7 Å². The van der Waals surface area contributed by atoms with E-state index in [9.17, 15) is 0 Å². The molecular formula is C14H25N3. The van der Waals surface area contributed by atoms with E-state index in [4.69, 9.17) is 0 Å². The second-order valence-electron chi connectivity index (χ2n) is 5.81. The summed E-state index contributed by atoms with van der Waals surface area (Å²) in [7, 11) is 0. The Morgan fingerprint density at radius 3 is 2.53 bits per heavy atom. The molecule has 0 fully saturated rings. The predicted octanol–water partition coefficient (Wildman–Crippen LogP) is 2.87. The Hall–Kier alpha value is -0.960. The van der Waals surface area contributed by atoms with Crippen molar-refractivity contribution >= 4 is 0 Å². The van der Waals surface area contributed by atoms with Gasteiger partial charge < -0.3 is 5.32 Å². The van der Waals surface area contributed by atoms with E-state index in [2.05, 4.69) is 49.9 Å². The first-order valence-corrected chi connectivity index (χ1v) is 6.44. The summed E-state index contributed by atoms with van der Waals surface area (Å²) < 4.78 is 0. The van der Waals surface area contributed by atoms with E-state index in [1.165, 1.54) is 5.56 Å².